The molecule has 2 aromatic rings. The van der Waals surface area contributed by atoms with Gasteiger partial charge in [0.15, 0.2) is 0 Å². The zero-order chi connectivity index (χ0) is 17.9. The second kappa shape index (κ2) is 7.38. The number of benzene rings is 1. The number of amides is 1. The van der Waals surface area contributed by atoms with E-state index in [1.165, 1.54) is 22.7 Å². The summed E-state index contributed by atoms with van der Waals surface area (Å²) in [4.78, 5) is 12.4. The zero-order valence-corrected chi connectivity index (χ0v) is 14.7. The van der Waals surface area contributed by atoms with E-state index in [2.05, 4.69) is 5.32 Å². The maximum atomic E-state index is 12.8. The first kappa shape index (κ1) is 17.7. The van der Waals surface area contributed by atoms with Gasteiger partial charge in [-0.3, -0.25) is 4.79 Å². The van der Waals surface area contributed by atoms with Crippen LogP contribution in [-0.2, 0) is 21.3 Å². The number of nitrogens with one attached hydrogen (secondary N) is 1. The second-order valence-corrected chi connectivity index (χ2v) is 7.77. The third-order valence-electron chi connectivity index (χ3n) is 3.94. The monoisotopic (exact) mass is 364 g/mol. The van der Waals surface area contributed by atoms with Crippen molar-refractivity contribution < 1.29 is 22.4 Å². The molecular weight excluding hydrogens is 344 g/mol. The summed E-state index contributed by atoms with van der Waals surface area (Å²) >= 11 is 0. The molecule has 134 valence electrons. The van der Waals surface area contributed by atoms with Gasteiger partial charge < -0.3 is 14.5 Å². The van der Waals surface area contributed by atoms with Gasteiger partial charge in [-0.25, -0.2) is 8.42 Å². The molecule has 7 nitrogen and oxygen atoms in total. The molecule has 1 amide bonds. The SMILES string of the molecule is CC1CN(S(=O)(=O)c2cccc(C(=O)NCc3ccco3)c2)CCO1. The molecule has 1 N–H and O–H groups in total. The number of hydrogen-bond donors (Lipinski definition) is 1. The number of morpholine rings is 1. The third kappa shape index (κ3) is 4.09. The highest BCUT2D eigenvalue weighted by Gasteiger charge is 2.29. The van der Waals surface area contributed by atoms with Gasteiger partial charge in [-0.05, 0) is 37.3 Å². The number of rotatable bonds is 5. The molecule has 0 aliphatic carbocycles. The maximum absolute atomic E-state index is 12.8. The molecule has 1 saturated heterocycles. The molecule has 0 spiro atoms. The number of nitrogens with zero attached hydrogens (tertiary/aromatic N) is 1. The Morgan fingerprint density at radius 3 is 2.88 bits per heavy atom. The number of hydrogen-bond acceptors (Lipinski definition) is 5. The Hall–Kier alpha value is -2.16. The van der Waals surface area contributed by atoms with Crippen LogP contribution in [0, 0.1) is 0 Å². The topological polar surface area (TPSA) is 88.9 Å². The lowest BCUT2D eigenvalue weighted by atomic mass is 10.2. The van der Waals surface area contributed by atoms with Crippen LogP contribution in [0.15, 0.2) is 52.0 Å². The van der Waals surface area contributed by atoms with Gasteiger partial charge in [-0.15, -0.1) is 0 Å². The quantitative estimate of drug-likeness (QED) is 0.871. The fraction of sp³-hybridized carbons (Fsp3) is 0.353. The molecule has 2 heterocycles. The van der Waals surface area contributed by atoms with Crippen molar-refractivity contribution in [1.82, 2.24) is 9.62 Å². The van der Waals surface area contributed by atoms with Gasteiger partial charge >= 0.3 is 0 Å². The summed E-state index contributed by atoms with van der Waals surface area (Å²) in [6, 6.07) is 9.53. The van der Waals surface area contributed by atoms with E-state index in [4.69, 9.17) is 9.15 Å². The van der Waals surface area contributed by atoms with Crippen molar-refractivity contribution in [3.8, 4) is 0 Å². The Kier molecular flexibility index (Phi) is 5.22. The summed E-state index contributed by atoms with van der Waals surface area (Å²) < 4.78 is 37.5. The minimum absolute atomic E-state index is 0.104. The van der Waals surface area contributed by atoms with Crippen LogP contribution < -0.4 is 5.32 Å². The van der Waals surface area contributed by atoms with Crippen molar-refractivity contribution in [1.29, 1.82) is 0 Å². The first-order valence-corrected chi connectivity index (χ1v) is 9.43. The Balaban J connectivity index is 1.75. The summed E-state index contributed by atoms with van der Waals surface area (Å²) in [7, 11) is -3.65. The van der Waals surface area contributed by atoms with Gasteiger partial charge in [0.1, 0.15) is 5.76 Å². The van der Waals surface area contributed by atoms with E-state index in [1.54, 1.807) is 24.3 Å². The van der Waals surface area contributed by atoms with Crippen molar-refractivity contribution in [3.05, 3.63) is 54.0 Å². The summed E-state index contributed by atoms with van der Waals surface area (Å²) in [5.41, 5.74) is 0.286. The lowest BCUT2D eigenvalue weighted by Crippen LogP contribution is -2.44. The van der Waals surface area contributed by atoms with Gasteiger partial charge in [-0.1, -0.05) is 6.07 Å². The minimum atomic E-state index is -3.65. The molecule has 1 aromatic carbocycles. The van der Waals surface area contributed by atoms with Crippen LogP contribution in [-0.4, -0.2) is 44.4 Å². The lowest BCUT2D eigenvalue weighted by molar-refractivity contribution is 0.0102. The van der Waals surface area contributed by atoms with Crippen molar-refractivity contribution in [2.45, 2.75) is 24.5 Å². The third-order valence-corrected chi connectivity index (χ3v) is 5.80. The highest BCUT2D eigenvalue weighted by Crippen LogP contribution is 2.20. The van der Waals surface area contributed by atoms with Crippen LogP contribution in [0.3, 0.4) is 0 Å². The first-order chi connectivity index (χ1) is 12.0. The predicted octanol–water partition coefficient (Wildman–Crippen LogP) is 1.62. The lowest BCUT2D eigenvalue weighted by Gasteiger charge is -2.30. The number of carbonyl (C=O) groups excluding carboxylic acids is 1. The molecule has 1 fully saturated rings. The Bertz CT molecular complexity index is 832. The average molecular weight is 364 g/mol. The molecule has 0 saturated carbocycles. The summed E-state index contributed by atoms with van der Waals surface area (Å²) in [5.74, 6) is 0.267. The molecule has 1 unspecified atom stereocenters. The molecule has 1 aliphatic rings. The van der Waals surface area contributed by atoms with Crippen LogP contribution in [0.5, 0.6) is 0 Å². The normalized spacial score (nSPS) is 18.8. The van der Waals surface area contributed by atoms with Gasteiger partial charge in [0.2, 0.25) is 10.0 Å². The van der Waals surface area contributed by atoms with Crippen molar-refractivity contribution in [2.75, 3.05) is 19.7 Å². The van der Waals surface area contributed by atoms with Crippen LogP contribution in [0.4, 0.5) is 0 Å². The number of sulfonamides is 1. The molecule has 1 aromatic heterocycles. The molecule has 0 bridgehead atoms. The van der Waals surface area contributed by atoms with E-state index in [-0.39, 0.29) is 29.0 Å². The van der Waals surface area contributed by atoms with Crippen LogP contribution >= 0.6 is 0 Å². The fourth-order valence-electron chi connectivity index (χ4n) is 2.63. The highest BCUT2D eigenvalue weighted by atomic mass is 32.2. The van der Waals surface area contributed by atoms with E-state index < -0.39 is 10.0 Å². The van der Waals surface area contributed by atoms with Crippen LogP contribution in [0.25, 0.3) is 0 Å². The van der Waals surface area contributed by atoms with Gasteiger partial charge in [0.25, 0.3) is 5.91 Å². The van der Waals surface area contributed by atoms with E-state index >= 15 is 0 Å². The smallest absolute Gasteiger partial charge is 0.251 e. The molecule has 1 aliphatic heterocycles. The maximum Gasteiger partial charge on any atom is 0.251 e. The van der Waals surface area contributed by atoms with Gasteiger partial charge in [0.05, 0.1) is 30.4 Å². The van der Waals surface area contributed by atoms with Crippen LogP contribution in [0.2, 0.25) is 0 Å². The number of ether oxygens (including phenoxy) is 1. The minimum Gasteiger partial charge on any atom is -0.467 e. The number of carbonyl (C=O) groups is 1. The average Bonchev–Trinajstić information content (AvgIpc) is 3.13. The van der Waals surface area contributed by atoms with Crippen molar-refractivity contribution >= 4 is 15.9 Å². The zero-order valence-electron chi connectivity index (χ0n) is 13.8. The largest absolute Gasteiger partial charge is 0.467 e. The van der Waals surface area contributed by atoms with E-state index in [9.17, 15) is 13.2 Å². The second-order valence-electron chi connectivity index (χ2n) is 5.83. The number of furan rings is 1. The Morgan fingerprint density at radius 2 is 2.16 bits per heavy atom. The Morgan fingerprint density at radius 1 is 1.32 bits per heavy atom. The first-order valence-electron chi connectivity index (χ1n) is 7.99. The van der Waals surface area contributed by atoms with E-state index in [0.29, 0.717) is 25.5 Å². The fourth-order valence-corrected chi connectivity index (χ4v) is 4.18. The molecule has 1 atom stereocenters. The summed E-state index contributed by atoms with van der Waals surface area (Å²) in [5, 5.41) is 2.71. The Labute approximate surface area is 146 Å². The molecule has 3 rings (SSSR count). The molecule has 0 radical (unpaired) electrons. The predicted molar refractivity (Wildman–Crippen MR) is 90.5 cm³/mol. The molecule has 25 heavy (non-hydrogen) atoms. The van der Waals surface area contributed by atoms with Gasteiger partial charge in [-0.2, -0.15) is 4.31 Å². The van der Waals surface area contributed by atoms with Crippen molar-refractivity contribution in [3.63, 3.8) is 0 Å². The standard InChI is InChI=1S/C17H20N2O5S/c1-13-12-19(7-9-23-13)25(21,22)16-6-2-4-14(10-16)17(20)18-11-15-5-3-8-24-15/h2-6,8,10,13H,7,9,11-12H2,1H3,(H,18,20). The highest BCUT2D eigenvalue weighted by molar-refractivity contribution is 7.89. The van der Waals surface area contributed by atoms with Crippen molar-refractivity contribution in [2.24, 2.45) is 0 Å². The molecule has 8 heteroatoms. The summed E-state index contributed by atoms with van der Waals surface area (Å²) in [6.45, 7) is 3.05. The summed E-state index contributed by atoms with van der Waals surface area (Å²) in [6.07, 6.45) is 1.38. The molecular formula is C17H20N2O5S. The van der Waals surface area contributed by atoms with Crippen LogP contribution in [0.1, 0.15) is 23.0 Å². The van der Waals surface area contributed by atoms with E-state index in [0.717, 1.165) is 0 Å². The van der Waals surface area contributed by atoms with Gasteiger partial charge in [0, 0.05) is 18.7 Å². The van der Waals surface area contributed by atoms with E-state index in [1.807, 2.05) is 6.92 Å².